The minimum atomic E-state index is -0.758. The number of ketones is 1. The van der Waals surface area contributed by atoms with Crippen molar-refractivity contribution in [3.8, 4) is 5.75 Å². The molecule has 8 heteroatoms. The number of carbonyl (C=O) groups excluding carboxylic acids is 2. The van der Waals surface area contributed by atoms with Gasteiger partial charge in [0.1, 0.15) is 18.1 Å². The number of nitrogens with two attached hydrogens (primary N) is 1. The van der Waals surface area contributed by atoms with Crippen LogP contribution in [0.2, 0.25) is 0 Å². The third-order valence-corrected chi connectivity index (χ3v) is 5.07. The molecule has 1 unspecified atom stereocenters. The summed E-state index contributed by atoms with van der Waals surface area (Å²) in [5.41, 5.74) is 7.17. The molecule has 8 nitrogen and oxygen atoms in total. The zero-order valence-electron chi connectivity index (χ0n) is 17.4. The number of guanidine groups is 1. The number of hydrogen-bond donors (Lipinski definition) is 1. The molecule has 1 atom stereocenters. The van der Waals surface area contributed by atoms with Crippen molar-refractivity contribution >= 4 is 17.6 Å². The van der Waals surface area contributed by atoms with Crippen LogP contribution in [0.1, 0.15) is 35.0 Å². The van der Waals surface area contributed by atoms with Crippen LogP contribution in [0, 0.1) is 0 Å². The average molecular weight is 410 g/mol. The summed E-state index contributed by atoms with van der Waals surface area (Å²) in [7, 11) is 3.21. The van der Waals surface area contributed by atoms with Gasteiger partial charge < -0.3 is 15.2 Å². The van der Waals surface area contributed by atoms with Crippen LogP contribution in [0.15, 0.2) is 47.6 Å². The van der Waals surface area contributed by atoms with Crippen LogP contribution in [-0.2, 0) is 21.5 Å². The molecule has 2 aromatic rings. The molecule has 1 amide bonds. The highest BCUT2D eigenvalue weighted by Crippen LogP contribution is 2.33. The maximum atomic E-state index is 12.7. The molecule has 0 fully saturated rings. The first-order valence-corrected chi connectivity index (χ1v) is 9.65. The molecule has 1 aliphatic rings. The van der Waals surface area contributed by atoms with Crippen LogP contribution in [-0.4, -0.2) is 54.9 Å². The molecule has 1 aliphatic heterocycles. The second-order valence-electron chi connectivity index (χ2n) is 7.39. The van der Waals surface area contributed by atoms with Gasteiger partial charge in [0.05, 0.1) is 24.8 Å². The molecule has 0 saturated heterocycles. The maximum Gasteiger partial charge on any atom is 0.231 e. The van der Waals surface area contributed by atoms with Crippen molar-refractivity contribution in [1.82, 2.24) is 9.88 Å². The molecule has 0 bridgehead atoms. The molecule has 1 aromatic heterocycles. The lowest BCUT2D eigenvalue weighted by atomic mass is 9.86. The van der Waals surface area contributed by atoms with Gasteiger partial charge >= 0.3 is 0 Å². The van der Waals surface area contributed by atoms with Gasteiger partial charge in [-0.2, -0.15) is 0 Å². The zero-order valence-corrected chi connectivity index (χ0v) is 17.4. The predicted octanol–water partition coefficient (Wildman–Crippen LogP) is 1.92. The van der Waals surface area contributed by atoms with Crippen molar-refractivity contribution < 1.29 is 19.1 Å². The Morgan fingerprint density at radius 2 is 2.07 bits per heavy atom. The van der Waals surface area contributed by atoms with E-state index in [1.165, 1.54) is 11.1 Å². The van der Waals surface area contributed by atoms with Gasteiger partial charge in [-0.3, -0.25) is 14.5 Å². The monoisotopic (exact) mass is 410 g/mol. The van der Waals surface area contributed by atoms with Gasteiger partial charge in [0.2, 0.25) is 5.91 Å². The van der Waals surface area contributed by atoms with Crippen LogP contribution in [0.5, 0.6) is 5.75 Å². The summed E-state index contributed by atoms with van der Waals surface area (Å²) in [6.07, 6.45) is 1.93. The second-order valence-corrected chi connectivity index (χ2v) is 7.39. The smallest absolute Gasteiger partial charge is 0.231 e. The molecule has 158 valence electrons. The Bertz CT molecular complexity index is 958. The number of aliphatic imine (C=N–C) groups is 1. The molecular weight excluding hydrogens is 384 g/mol. The summed E-state index contributed by atoms with van der Waals surface area (Å²) in [6, 6.07) is 10.9. The molecule has 1 aromatic carbocycles. The lowest BCUT2D eigenvalue weighted by Crippen LogP contribution is -2.47. The SMILES string of the molecule is COCCOc1ccc(C(=O)Cc2cccc(C3(C)CC(=O)N(C)C(N)=N3)c2)nc1. The number of pyridine rings is 1. The average Bonchev–Trinajstić information content (AvgIpc) is 2.73. The van der Waals surface area contributed by atoms with E-state index in [-0.39, 0.29) is 30.5 Å². The molecule has 2 heterocycles. The van der Waals surface area contributed by atoms with E-state index in [0.29, 0.717) is 24.7 Å². The first kappa shape index (κ1) is 21.4. The molecule has 2 N–H and O–H groups in total. The number of methoxy groups -OCH3 is 1. The molecule has 30 heavy (non-hydrogen) atoms. The highest BCUT2D eigenvalue weighted by Gasteiger charge is 2.36. The summed E-state index contributed by atoms with van der Waals surface area (Å²) in [5, 5.41) is 0. The van der Waals surface area contributed by atoms with Crippen molar-refractivity contribution in [1.29, 1.82) is 0 Å². The van der Waals surface area contributed by atoms with Crippen LogP contribution in [0.4, 0.5) is 0 Å². The van der Waals surface area contributed by atoms with Gasteiger partial charge in [0, 0.05) is 20.6 Å². The summed E-state index contributed by atoms with van der Waals surface area (Å²) < 4.78 is 10.4. The van der Waals surface area contributed by atoms with Crippen LogP contribution < -0.4 is 10.5 Å². The number of aromatic nitrogens is 1. The highest BCUT2D eigenvalue weighted by molar-refractivity contribution is 5.99. The number of amides is 1. The van der Waals surface area contributed by atoms with Crippen LogP contribution in [0.3, 0.4) is 0 Å². The van der Waals surface area contributed by atoms with Gasteiger partial charge in [-0.1, -0.05) is 24.3 Å². The quantitative estimate of drug-likeness (QED) is 0.526. The Labute approximate surface area is 175 Å². The zero-order chi connectivity index (χ0) is 21.7. The fourth-order valence-corrected chi connectivity index (χ4v) is 3.24. The molecule has 0 spiro atoms. The molecule has 0 aliphatic carbocycles. The van der Waals surface area contributed by atoms with Crippen molar-refractivity contribution in [2.24, 2.45) is 10.7 Å². The minimum Gasteiger partial charge on any atom is -0.490 e. The Balaban J connectivity index is 1.72. The molecule has 3 rings (SSSR count). The number of nitrogens with zero attached hydrogens (tertiary/aromatic N) is 3. The minimum absolute atomic E-state index is 0.0940. The Hall–Kier alpha value is -3.26. The number of hydrogen-bond acceptors (Lipinski definition) is 7. The van der Waals surface area contributed by atoms with E-state index in [0.717, 1.165) is 11.1 Å². The normalized spacial score (nSPS) is 18.8. The van der Waals surface area contributed by atoms with E-state index in [9.17, 15) is 9.59 Å². The van der Waals surface area contributed by atoms with E-state index < -0.39 is 5.54 Å². The number of ether oxygens (including phenoxy) is 2. The summed E-state index contributed by atoms with van der Waals surface area (Å²) in [4.78, 5) is 35.0. The van der Waals surface area contributed by atoms with Crippen molar-refractivity contribution in [3.63, 3.8) is 0 Å². The molecule has 0 radical (unpaired) electrons. The maximum absolute atomic E-state index is 12.7. The van der Waals surface area contributed by atoms with Crippen LogP contribution >= 0.6 is 0 Å². The van der Waals surface area contributed by atoms with Crippen molar-refractivity contribution in [3.05, 3.63) is 59.4 Å². The standard InChI is InChI=1S/C22H26N4O4/c1-22(13-20(28)26(2)21(23)25-22)16-6-4-5-15(11-16)12-19(27)18-8-7-17(14-24-18)30-10-9-29-3/h4-8,11,14H,9-10,12-13H2,1-3H3,(H2,23,25). The Morgan fingerprint density at radius 1 is 1.27 bits per heavy atom. The predicted molar refractivity (Wildman–Crippen MR) is 112 cm³/mol. The van der Waals surface area contributed by atoms with Crippen molar-refractivity contribution in [2.45, 2.75) is 25.3 Å². The fourth-order valence-electron chi connectivity index (χ4n) is 3.24. The highest BCUT2D eigenvalue weighted by atomic mass is 16.5. The molecular formula is C22H26N4O4. The van der Waals surface area contributed by atoms with E-state index in [1.807, 2.05) is 31.2 Å². The number of rotatable bonds is 8. The summed E-state index contributed by atoms with van der Waals surface area (Å²) in [6.45, 7) is 2.77. The second kappa shape index (κ2) is 9.04. The Kier molecular flexibility index (Phi) is 6.47. The van der Waals surface area contributed by atoms with E-state index in [2.05, 4.69) is 9.98 Å². The third-order valence-electron chi connectivity index (χ3n) is 5.07. The number of Topliss-reactive ketones (excluding diaryl/α,β-unsaturated/α-hetero) is 1. The summed E-state index contributed by atoms with van der Waals surface area (Å²) >= 11 is 0. The summed E-state index contributed by atoms with van der Waals surface area (Å²) in [5.74, 6) is 0.569. The third kappa shape index (κ3) is 4.83. The Morgan fingerprint density at radius 3 is 2.73 bits per heavy atom. The lowest BCUT2D eigenvalue weighted by Gasteiger charge is -2.33. The molecule has 0 saturated carbocycles. The number of benzene rings is 1. The van der Waals surface area contributed by atoms with Gasteiger partial charge in [-0.25, -0.2) is 9.98 Å². The first-order valence-electron chi connectivity index (χ1n) is 9.65. The van der Waals surface area contributed by atoms with Gasteiger partial charge in [0.15, 0.2) is 11.7 Å². The topological polar surface area (TPSA) is 107 Å². The van der Waals surface area contributed by atoms with Gasteiger partial charge in [-0.05, 0) is 30.2 Å². The van der Waals surface area contributed by atoms with Crippen molar-refractivity contribution in [2.75, 3.05) is 27.4 Å². The first-order chi connectivity index (χ1) is 14.3. The lowest BCUT2D eigenvalue weighted by molar-refractivity contribution is -0.128. The fraction of sp³-hybridized carbons (Fsp3) is 0.364. The number of carbonyl (C=O) groups is 2. The van der Waals surface area contributed by atoms with E-state index in [4.69, 9.17) is 15.2 Å². The van der Waals surface area contributed by atoms with Crippen LogP contribution in [0.25, 0.3) is 0 Å². The van der Waals surface area contributed by atoms with E-state index in [1.54, 1.807) is 26.3 Å². The van der Waals surface area contributed by atoms with Gasteiger partial charge in [-0.15, -0.1) is 0 Å². The van der Waals surface area contributed by atoms with E-state index >= 15 is 0 Å². The largest absolute Gasteiger partial charge is 0.490 e. The van der Waals surface area contributed by atoms with Gasteiger partial charge in [0.25, 0.3) is 0 Å².